The van der Waals surface area contributed by atoms with Crippen LogP contribution in [-0.2, 0) is 0 Å². The summed E-state index contributed by atoms with van der Waals surface area (Å²) in [6.07, 6.45) is 6.33. The fourth-order valence-electron chi connectivity index (χ4n) is 3.71. The molecule has 0 unspecified atom stereocenters. The van der Waals surface area contributed by atoms with E-state index < -0.39 is 0 Å². The third kappa shape index (κ3) is 1.18. The van der Waals surface area contributed by atoms with Crippen molar-refractivity contribution in [1.29, 1.82) is 0 Å². The SMILES string of the molecule is BrC12CC3(Br)CC(Br)(C1)C(Br)(C2)C3. The Labute approximate surface area is 112 Å². The topological polar surface area (TPSA) is 0 Å². The third-order valence-electron chi connectivity index (χ3n) is 3.82. The molecular weight excluding hydrogens is 428 g/mol. The lowest BCUT2D eigenvalue weighted by molar-refractivity contribution is 0.367. The smallest absolute Gasteiger partial charge is 0.0438 e. The van der Waals surface area contributed by atoms with Gasteiger partial charge in [0.1, 0.15) is 0 Å². The van der Waals surface area contributed by atoms with Crippen molar-refractivity contribution in [1.82, 2.24) is 0 Å². The molecule has 0 saturated heterocycles. The molecule has 13 heavy (non-hydrogen) atoms. The Morgan fingerprint density at radius 1 is 0.538 bits per heavy atom. The first-order chi connectivity index (χ1) is 5.79. The number of hydrogen-bond donors (Lipinski definition) is 0. The molecule has 4 saturated carbocycles. The number of halogens is 4. The van der Waals surface area contributed by atoms with Gasteiger partial charge in [-0.2, -0.15) is 0 Å². The van der Waals surface area contributed by atoms with Gasteiger partial charge in [-0.25, -0.2) is 0 Å². The van der Waals surface area contributed by atoms with E-state index in [2.05, 4.69) is 63.7 Å². The van der Waals surface area contributed by atoms with Crippen LogP contribution in [0.1, 0.15) is 32.1 Å². The van der Waals surface area contributed by atoms with Crippen LogP contribution in [0.15, 0.2) is 0 Å². The van der Waals surface area contributed by atoms with Crippen LogP contribution in [0.2, 0.25) is 0 Å². The van der Waals surface area contributed by atoms with E-state index in [9.17, 15) is 0 Å². The highest BCUT2D eigenvalue weighted by molar-refractivity contribution is 9.13. The van der Waals surface area contributed by atoms with Crippen LogP contribution >= 0.6 is 63.7 Å². The van der Waals surface area contributed by atoms with Crippen LogP contribution in [0.3, 0.4) is 0 Å². The van der Waals surface area contributed by atoms with Crippen LogP contribution in [0.4, 0.5) is 0 Å². The van der Waals surface area contributed by atoms with E-state index in [1.807, 2.05) is 0 Å². The molecule has 4 bridgehead atoms. The van der Waals surface area contributed by atoms with E-state index in [1.165, 1.54) is 32.1 Å². The minimum Gasteiger partial charge on any atom is -0.0852 e. The normalized spacial score (nSPS) is 69.2. The summed E-state index contributed by atoms with van der Waals surface area (Å²) in [5.41, 5.74) is 0. The van der Waals surface area contributed by atoms with Gasteiger partial charge >= 0.3 is 0 Å². The second kappa shape index (κ2) is 2.43. The highest BCUT2D eigenvalue weighted by Gasteiger charge is 2.73. The summed E-state index contributed by atoms with van der Waals surface area (Å²) >= 11 is 15.8. The van der Waals surface area contributed by atoms with Crippen molar-refractivity contribution < 1.29 is 0 Å². The predicted molar refractivity (Wildman–Crippen MR) is 69.7 cm³/mol. The van der Waals surface area contributed by atoms with E-state index in [1.54, 1.807) is 0 Å². The lowest BCUT2D eigenvalue weighted by Crippen LogP contribution is -2.39. The second-order valence-corrected chi connectivity index (χ2v) is 11.5. The van der Waals surface area contributed by atoms with Gasteiger partial charge in [0.05, 0.1) is 0 Å². The molecule has 0 N–H and O–H groups in total. The van der Waals surface area contributed by atoms with Crippen LogP contribution in [-0.4, -0.2) is 17.3 Å². The van der Waals surface area contributed by atoms with Crippen molar-refractivity contribution in [3.63, 3.8) is 0 Å². The van der Waals surface area contributed by atoms with Gasteiger partial charge in [0.2, 0.25) is 0 Å². The lowest BCUT2D eigenvalue weighted by atomic mass is 9.81. The maximum atomic E-state index is 3.96. The fourth-order valence-corrected chi connectivity index (χ4v) is 11.3. The Balaban J connectivity index is 2.14. The first-order valence-electron chi connectivity index (χ1n) is 4.54. The van der Waals surface area contributed by atoms with Crippen molar-refractivity contribution in [3.8, 4) is 0 Å². The molecule has 4 aliphatic carbocycles. The third-order valence-corrected chi connectivity index (χ3v) is 8.68. The molecule has 0 aromatic heterocycles. The molecule has 0 radical (unpaired) electrons. The van der Waals surface area contributed by atoms with Crippen LogP contribution < -0.4 is 0 Å². The largest absolute Gasteiger partial charge is 0.0852 e. The van der Waals surface area contributed by atoms with E-state index in [4.69, 9.17) is 0 Å². The van der Waals surface area contributed by atoms with E-state index >= 15 is 0 Å². The average Bonchev–Trinajstić information content (AvgIpc) is 1.96. The molecule has 4 fully saturated rings. The Morgan fingerprint density at radius 2 is 0.846 bits per heavy atom. The van der Waals surface area contributed by atoms with Gasteiger partial charge in [-0.3, -0.25) is 0 Å². The maximum absolute atomic E-state index is 3.96. The predicted octanol–water partition coefficient (Wildman–Crippen LogP) is 4.51. The van der Waals surface area contributed by atoms with Crippen LogP contribution in [0.5, 0.6) is 0 Å². The van der Waals surface area contributed by atoms with Crippen molar-refractivity contribution >= 4 is 63.7 Å². The van der Waals surface area contributed by atoms with Gasteiger partial charge in [-0.05, 0) is 32.1 Å². The van der Waals surface area contributed by atoms with Crippen molar-refractivity contribution in [2.45, 2.75) is 49.4 Å². The van der Waals surface area contributed by atoms with Crippen molar-refractivity contribution in [2.75, 3.05) is 0 Å². The Morgan fingerprint density at radius 3 is 1.08 bits per heavy atom. The summed E-state index contributed by atoms with van der Waals surface area (Å²) in [4.78, 5) is 0. The molecule has 0 nitrogen and oxygen atoms in total. The van der Waals surface area contributed by atoms with Gasteiger partial charge in [0.25, 0.3) is 0 Å². The highest BCUT2D eigenvalue weighted by atomic mass is 79.9. The summed E-state index contributed by atoms with van der Waals surface area (Å²) in [5.74, 6) is 0. The zero-order valence-electron chi connectivity index (χ0n) is 7.05. The molecule has 74 valence electrons. The Hall–Kier alpha value is 1.92. The molecule has 4 rings (SSSR count). The zero-order valence-corrected chi connectivity index (χ0v) is 13.4. The number of rotatable bonds is 0. The van der Waals surface area contributed by atoms with Gasteiger partial charge < -0.3 is 0 Å². The summed E-state index contributed by atoms with van der Waals surface area (Å²) in [6.45, 7) is 0. The fraction of sp³-hybridized carbons (Fsp3) is 1.00. The molecule has 0 atom stereocenters. The summed E-state index contributed by atoms with van der Waals surface area (Å²) in [5, 5.41) is 0. The quantitative estimate of drug-likeness (QED) is 0.489. The van der Waals surface area contributed by atoms with Gasteiger partial charge in [0.15, 0.2) is 0 Å². The van der Waals surface area contributed by atoms with Gasteiger partial charge in [0, 0.05) is 17.3 Å². The Bertz CT molecular complexity index is 245. The molecule has 0 spiro atoms. The van der Waals surface area contributed by atoms with Crippen molar-refractivity contribution in [2.24, 2.45) is 0 Å². The molecule has 0 amide bonds. The summed E-state index contributed by atoms with van der Waals surface area (Å²) in [6, 6.07) is 0. The Kier molecular flexibility index (Phi) is 1.89. The van der Waals surface area contributed by atoms with Crippen molar-refractivity contribution in [3.05, 3.63) is 0 Å². The zero-order chi connectivity index (χ0) is 9.54. The van der Waals surface area contributed by atoms with Gasteiger partial charge in [-0.1, -0.05) is 63.7 Å². The highest BCUT2D eigenvalue weighted by Crippen LogP contribution is 2.76. The minimum absolute atomic E-state index is 0.325. The number of hydrogen-bond acceptors (Lipinski definition) is 0. The van der Waals surface area contributed by atoms with Gasteiger partial charge in [-0.15, -0.1) is 0 Å². The molecule has 4 aliphatic rings. The van der Waals surface area contributed by atoms with Crippen LogP contribution in [0.25, 0.3) is 0 Å². The molecule has 0 aromatic rings. The van der Waals surface area contributed by atoms with E-state index in [-0.39, 0.29) is 0 Å². The van der Waals surface area contributed by atoms with Crippen LogP contribution in [0, 0.1) is 0 Å². The standard InChI is InChI=1S/C9H10Br4/c10-6-1-7(11)4-8(12,2-6)9(13,3-6)5-7/h1-5H2. The summed E-state index contributed by atoms with van der Waals surface area (Å²) < 4.78 is 1.40. The molecule has 4 heteroatoms. The minimum atomic E-state index is 0.325. The first-order valence-corrected chi connectivity index (χ1v) is 7.71. The molecule has 0 aliphatic heterocycles. The molecule has 0 heterocycles. The summed E-state index contributed by atoms with van der Waals surface area (Å²) in [7, 11) is 0. The monoisotopic (exact) mass is 434 g/mol. The molecular formula is C9H10Br4. The maximum Gasteiger partial charge on any atom is 0.0438 e. The number of alkyl halides is 4. The average molecular weight is 438 g/mol. The van der Waals surface area contributed by atoms with E-state index in [0.717, 1.165) is 0 Å². The van der Waals surface area contributed by atoms with E-state index in [0.29, 0.717) is 17.3 Å². The first kappa shape index (κ1) is 10.1. The lowest BCUT2D eigenvalue weighted by Gasteiger charge is -2.40. The molecule has 0 aromatic carbocycles. The second-order valence-electron chi connectivity index (χ2n) is 5.12.